The molecule has 7 heteroatoms. The first-order valence-corrected chi connectivity index (χ1v) is 10.8. The highest BCUT2D eigenvalue weighted by Crippen LogP contribution is 2.43. The number of carbonyl (C=O) groups excluding carboxylic acids is 2. The van der Waals surface area contributed by atoms with Gasteiger partial charge in [-0.05, 0) is 61.9 Å². The number of rotatable bonds is 6. The molecule has 0 bridgehead atoms. The fraction of sp³-hybridized carbons (Fsp3) is 0.185. The van der Waals surface area contributed by atoms with E-state index in [4.69, 9.17) is 9.47 Å². The summed E-state index contributed by atoms with van der Waals surface area (Å²) in [6.45, 7) is 4.27. The lowest BCUT2D eigenvalue weighted by Crippen LogP contribution is -2.29. The predicted molar refractivity (Wildman–Crippen MR) is 127 cm³/mol. The number of ether oxygens (including phenoxy) is 2. The minimum atomic E-state index is -0.939. The number of halogens is 1. The first-order chi connectivity index (χ1) is 16.3. The zero-order valence-corrected chi connectivity index (χ0v) is 19.0. The number of Topliss-reactive ketones (excluding diaryl/α,β-unsaturated/α-hetero) is 1. The first kappa shape index (κ1) is 23.0. The second-order valence-corrected chi connectivity index (χ2v) is 7.85. The summed E-state index contributed by atoms with van der Waals surface area (Å²) >= 11 is 0. The second kappa shape index (κ2) is 9.39. The predicted octanol–water partition coefficient (Wildman–Crippen LogP) is 5.17. The van der Waals surface area contributed by atoms with Gasteiger partial charge in [-0.2, -0.15) is 0 Å². The molecule has 1 amide bonds. The Kier molecular flexibility index (Phi) is 6.36. The highest BCUT2D eigenvalue weighted by atomic mass is 19.1. The van der Waals surface area contributed by atoms with Crippen LogP contribution in [0.2, 0.25) is 0 Å². The molecule has 1 heterocycles. The molecule has 1 atom stereocenters. The van der Waals surface area contributed by atoms with E-state index < -0.39 is 29.3 Å². The summed E-state index contributed by atoms with van der Waals surface area (Å²) < 4.78 is 24.8. The van der Waals surface area contributed by atoms with Crippen molar-refractivity contribution in [2.75, 3.05) is 18.6 Å². The van der Waals surface area contributed by atoms with Crippen LogP contribution in [0.25, 0.3) is 5.76 Å². The van der Waals surface area contributed by atoms with Gasteiger partial charge in [-0.1, -0.05) is 29.8 Å². The number of hydrogen-bond acceptors (Lipinski definition) is 5. The Hall–Kier alpha value is -4.13. The Bertz CT molecular complexity index is 1270. The minimum Gasteiger partial charge on any atom is -0.507 e. The number of ketones is 1. The van der Waals surface area contributed by atoms with E-state index in [1.807, 2.05) is 26.0 Å². The standard InChI is InChI=1S/C27H24FNO5/c1-4-34-20-12-7-17(8-13-20)24-23(25(30)21-15-18(28)9-14-22(21)33-3)26(31)27(32)29(24)19-10-5-16(2)6-11-19/h5-15,24,30H,4H2,1-3H3/b25-23+. The van der Waals surface area contributed by atoms with E-state index in [1.54, 1.807) is 36.4 Å². The van der Waals surface area contributed by atoms with Crippen LogP contribution in [0.4, 0.5) is 10.1 Å². The molecule has 34 heavy (non-hydrogen) atoms. The third-order valence-electron chi connectivity index (χ3n) is 5.68. The van der Waals surface area contributed by atoms with Gasteiger partial charge in [0.25, 0.3) is 11.7 Å². The quantitative estimate of drug-likeness (QED) is 0.312. The molecule has 1 aliphatic heterocycles. The van der Waals surface area contributed by atoms with Gasteiger partial charge >= 0.3 is 0 Å². The molecule has 3 aromatic carbocycles. The fourth-order valence-corrected chi connectivity index (χ4v) is 4.04. The van der Waals surface area contributed by atoms with Crippen molar-refractivity contribution in [3.05, 3.63) is 94.8 Å². The summed E-state index contributed by atoms with van der Waals surface area (Å²) in [5.74, 6) is -1.99. The molecular weight excluding hydrogens is 437 g/mol. The van der Waals surface area contributed by atoms with Gasteiger partial charge in [-0.25, -0.2) is 4.39 Å². The van der Waals surface area contributed by atoms with Gasteiger partial charge in [0.1, 0.15) is 23.1 Å². The molecule has 1 fully saturated rings. The Morgan fingerprint density at radius 3 is 2.32 bits per heavy atom. The minimum absolute atomic E-state index is 0.0136. The maximum atomic E-state index is 14.1. The number of carbonyl (C=O) groups is 2. The zero-order valence-electron chi connectivity index (χ0n) is 19.0. The van der Waals surface area contributed by atoms with E-state index in [-0.39, 0.29) is 16.9 Å². The third kappa shape index (κ3) is 4.12. The van der Waals surface area contributed by atoms with Crippen LogP contribution >= 0.6 is 0 Å². The summed E-state index contributed by atoms with van der Waals surface area (Å²) in [7, 11) is 1.37. The van der Waals surface area contributed by atoms with Crippen LogP contribution in [-0.4, -0.2) is 30.5 Å². The van der Waals surface area contributed by atoms with Crippen LogP contribution in [0.15, 0.2) is 72.3 Å². The fourth-order valence-electron chi connectivity index (χ4n) is 4.04. The third-order valence-corrected chi connectivity index (χ3v) is 5.68. The van der Waals surface area contributed by atoms with Crippen LogP contribution in [0.5, 0.6) is 11.5 Å². The first-order valence-electron chi connectivity index (χ1n) is 10.8. The van der Waals surface area contributed by atoms with Gasteiger partial charge in [0.2, 0.25) is 0 Å². The van der Waals surface area contributed by atoms with Gasteiger partial charge in [0.05, 0.1) is 30.9 Å². The smallest absolute Gasteiger partial charge is 0.300 e. The normalized spacial score (nSPS) is 17.2. The molecule has 0 aliphatic carbocycles. The van der Waals surface area contributed by atoms with Gasteiger partial charge < -0.3 is 14.6 Å². The lowest BCUT2D eigenvalue weighted by atomic mass is 9.94. The van der Waals surface area contributed by atoms with Gasteiger partial charge in [0.15, 0.2) is 0 Å². The summed E-state index contributed by atoms with van der Waals surface area (Å²) in [6.07, 6.45) is 0. The molecule has 0 spiro atoms. The van der Waals surface area contributed by atoms with Crippen molar-refractivity contribution in [1.29, 1.82) is 0 Å². The number of benzene rings is 3. The van der Waals surface area contributed by atoms with Crippen LogP contribution < -0.4 is 14.4 Å². The molecule has 0 aromatic heterocycles. The molecular formula is C27H24FNO5. The Morgan fingerprint density at radius 2 is 1.71 bits per heavy atom. The zero-order chi connectivity index (χ0) is 24.4. The molecule has 0 saturated carbocycles. The maximum absolute atomic E-state index is 14.1. The van der Waals surface area contributed by atoms with Gasteiger partial charge in [0, 0.05) is 5.69 Å². The largest absolute Gasteiger partial charge is 0.507 e. The Balaban J connectivity index is 1.94. The average molecular weight is 461 g/mol. The second-order valence-electron chi connectivity index (χ2n) is 7.85. The molecule has 1 aliphatic rings. The van der Waals surface area contributed by atoms with Crippen molar-refractivity contribution in [1.82, 2.24) is 0 Å². The number of aliphatic hydroxyl groups excluding tert-OH is 1. The Morgan fingerprint density at radius 1 is 1.03 bits per heavy atom. The number of aliphatic hydroxyl groups is 1. The van der Waals surface area contributed by atoms with Crippen molar-refractivity contribution in [2.24, 2.45) is 0 Å². The molecule has 1 N–H and O–H groups in total. The van der Waals surface area contributed by atoms with E-state index in [2.05, 4.69) is 0 Å². The van der Waals surface area contributed by atoms with Crippen LogP contribution in [-0.2, 0) is 9.59 Å². The SMILES string of the molecule is CCOc1ccc(C2/C(=C(\O)c3cc(F)ccc3OC)C(=O)C(=O)N2c2ccc(C)cc2)cc1. The topological polar surface area (TPSA) is 76.1 Å². The number of amides is 1. The van der Waals surface area contributed by atoms with E-state index in [9.17, 15) is 19.1 Å². The molecule has 3 aromatic rings. The van der Waals surface area contributed by atoms with Crippen LogP contribution in [0.1, 0.15) is 29.7 Å². The van der Waals surface area contributed by atoms with Crippen LogP contribution in [0, 0.1) is 12.7 Å². The molecule has 1 unspecified atom stereocenters. The van der Waals surface area contributed by atoms with Gasteiger partial charge in [-0.15, -0.1) is 0 Å². The summed E-state index contributed by atoms with van der Waals surface area (Å²) in [5.41, 5.74) is 1.90. The number of methoxy groups -OCH3 is 1. The molecule has 4 rings (SSSR count). The van der Waals surface area contributed by atoms with Crippen molar-refractivity contribution in [3.63, 3.8) is 0 Å². The van der Waals surface area contributed by atoms with E-state index >= 15 is 0 Å². The number of hydrogen-bond donors (Lipinski definition) is 1. The molecule has 0 radical (unpaired) electrons. The van der Waals surface area contributed by atoms with Crippen molar-refractivity contribution in [2.45, 2.75) is 19.9 Å². The average Bonchev–Trinajstić information content (AvgIpc) is 3.10. The van der Waals surface area contributed by atoms with E-state index in [0.717, 1.165) is 11.6 Å². The summed E-state index contributed by atoms with van der Waals surface area (Å²) in [6, 6.07) is 16.8. The highest BCUT2D eigenvalue weighted by Gasteiger charge is 2.47. The maximum Gasteiger partial charge on any atom is 0.300 e. The highest BCUT2D eigenvalue weighted by molar-refractivity contribution is 6.51. The lowest BCUT2D eigenvalue weighted by Gasteiger charge is -2.26. The molecule has 6 nitrogen and oxygen atoms in total. The Labute approximate surface area is 196 Å². The van der Waals surface area contributed by atoms with Crippen LogP contribution in [0.3, 0.4) is 0 Å². The number of aryl methyl sites for hydroxylation is 1. The molecule has 1 saturated heterocycles. The molecule has 174 valence electrons. The van der Waals surface area contributed by atoms with E-state index in [0.29, 0.717) is 23.6 Å². The monoisotopic (exact) mass is 461 g/mol. The number of anilines is 1. The van der Waals surface area contributed by atoms with Crippen molar-refractivity contribution < 1.29 is 28.6 Å². The lowest BCUT2D eigenvalue weighted by molar-refractivity contribution is -0.132. The van der Waals surface area contributed by atoms with E-state index in [1.165, 1.54) is 24.1 Å². The van der Waals surface area contributed by atoms with Crippen molar-refractivity contribution in [3.8, 4) is 11.5 Å². The van der Waals surface area contributed by atoms with Gasteiger partial charge in [-0.3, -0.25) is 14.5 Å². The summed E-state index contributed by atoms with van der Waals surface area (Å²) in [4.78, 5) is 27.8. The summed E-state index contributed by atoms with van der Waals surface area (Å²) in [5, 5.41) is 11.2. The van der Waals surface area contributed by atoms with Crippen molar-refractivity contribution >= 4 is 23.1 Å². The number of nitrogens with zero attached hydrogens (tertiary/aromatic N) is 1.